The van der Waals surface area contributed by atoms with E-state index in [9.17, 15) is 4.79 Å². The number of hydrogen-bond acceptors (Lipinski definition) is 6. The SMILES string of the molecule is COCCc1ccc(OC=O)c2nc(C3Cc4c(C)cc(C)cc4O3)sc12. The van der Waals surface area contributed by atoms with Crippen LogP contribution in [0, 0.1) is 13.8 Å². The number of nitrogens with zero attached hydrogens (tertiary/aromatic N) is 1. The van der Waals surface area contributed by atoms with Crippen LogP contribution in [0.1, 0.15) is 33.4 Å². The lowest BCUT2D eigenvalue weighted by Crippen LogP contribution is -2.02. The molecule has 4 rings (SSSR count). The van der Waals surface area contributed by atoms with E-state index in [1.807, 2.05) is 6.07 Å². The number of carbonyl (C=O) groups is 1. The van der Waals surface area contributed by atoms with Crippen LogP contribution < -0.4 is 9.47 Å². The summed E-state index contributed by atoms with van der Waals surface area (Å²) in [7, 11) is 1.69. The number of rotatable bonds is 6. The van der Waals surface area contributed by atoms with Crippen LogP contribution in [0.2, 0.25) is 0 Å². The van der Waals surface area contributed by atoms with Crippen LogP contribution in [0.4, 0.5) is 0 Å². The molecule has 2 heterocycles. The van der Waals surface area contributed by atoms with Crippen LogP contribution in [0.3, 0.4) is 0 Å². The minimum Gasteiger partial charge on any atom is -0.483 e. The molecule has 140 valence electrons. The van der Waals surface area contributed by atoms with E-state index in [1.165, 1.54) is 16.7 Å². The second kappa shape index (κ2) is 7.29. The zero-order chi connectivity index (χ0) is 19.0. The van der Waals surface area contributed by atoms with Gasteiger partial charge in [0.15, 0.2) is 11.9 Å². The Morgan fingerprint density at radius 1 is 1.33 bits per heavy atom. The van der Waals surface area contributed by atoms with Gasteiger partial charge in [-0.1, -0.05) is 12.1 Å². The van der Waals surface area contributed by atoms with Gasteiger partial charge in [-0.3, -0.25) is 4.79 Å². The van der Waals surface area contributed by atoms with Gasteiger partial charge in [-0.05, 0) is 49.1 Å². The normalized spacial score (nSPS) is 15.6. The molecule has 0 saturated heterocycles. The maximum atomic E-state index is 10.9. The van der Waals surface area contributed by atoms with E-state index in [2.05, 4.69) is 26.0 Å². The van der Waals surface area contributed by atoms with Crippen molar-refractivity contribution in [3.05, 3.63) is 51.5 Å². The summed E-state index contributed by atoms with van der Waals surface area (Å²) in [6.07, 6.45) is 1.47. The molecule has 0 aliphatic carbocycles. The van der Waals surface area contributed by atoms with Crippen LogP contribution in [-0.2, 0) is 22.4 Å². The van der Waals surface area contributed by atoms with Crippen molar-refractivity contribution in [2.24, 2.45) is 0 Å². The van der Waals surface area contributed by atoms with Crippen molar-refractivity contribution in [1.82, 2.24) is 4.98 Å². The Labute approximate surface area is 161 Å². The minimum absolute atomic E-state index is 0.114. The first-order valence-electron chi connectivity index (χ1n) is 8.89. The number of benzene rings is 2. The predicted molar refractivity (Wildman–Crippen MR) is 105 cm³/mol. The highest BCUT2D eigenvalue weighted by atomic mass is 32.1. The molecule has 0 radical (unpaired) electrons. The second-order valence-electron chi connectivity index (χ2n) is 6.78. The van der Waals surface area contributed by atoms with Crippen molar-refractivity contribution in [1.29, 1.82) is 0 Å². The van der Waals surface area contributed by atoms with E-state index in [-0.39, 0.29) is 6.10 Å². The predicted octanol–water partition coefficient (Wildman–Crippen LogP) is 4.31. The third-order valence-corrected chi connectivity index (χ3v) is 6.09. The third kappa shape index (κ3) is 3.31. The molecule has 6 heteroatoms. The number of carbonyl (C=O) groups excluding carboxylic acids is 1. The fourth-order valence-electron chi connectivity index (χ4n) is 3.59. The molecule has 0 saturated carbocycles. The zero-order valence-corrected chi connectivity index (χ0v) is 16.4. The van der Waals surface area contributed by atoms with Crippen molar-refractivity contribution in [2.45, 2.75) is 32.8 Å². The highest BCUT2D eigenvalue weighted by Gasteiger charge is 2.29. The molecule has 1 aliphatic rings. The summed E-state index contributed by atoms with van der Waals surface area (Å²) in [5.41, 5.74) is 5.53. The Balaban J connectivity index is 1.73. The molecule has 1 aromatic heterocycles. The van der Waals surface area contributed by atoms with Crippen molar-refractivity contribution in [2.75, 3.05) is 13.7 Å². The first-order chi connectivity index (χ1) is 13.1. The fourth-order valence-corrected chi connectivity index (χ4v) is 4.74. The van der Waals surface area contributed by atoms with Gasteiger partial charge in [-0.15, -0.1) is 11.3 Å². The Hall–Kier alpha value is -2.44. The summed E-state index contributed by atoms with van der Waals surface area (Å²) >= 11 is 1.60. The molecule has 2 aromatic carbocycles. The van der Waals surface area contributed by atoms with Gasteiger partial charge < -0.3 is 14.2 Å². The van der Waals surface area contributed by atoms with Gasteiger partial charge in [0.1, 0.15) is 16.3 Å². The largest absolute Gasteiger partial charge is 0.483 e. The molecule has 0 N–H and O–H groups in total. The van der Waals surface area contributed by atoms with Crippen molar-refractivity contribution in [3.63, 3.8) is 0 Å². The lowest BCUT2D eigenvalue weighted by molar-refractivity contribution is -0.120. The number of fused-ring (bicyclic) bond motifs is 2. The van der Waals surface area contributed by atoms with Crippen LogP contribution in [0.5, 0.6) is 11.5 Å². The molecule has 0 fully saturated rings. The Kier molecular flexibility index (Phi) is 4.85. The second-order valence-corrected chi connectivity index (χ2v) is 7.81. The molecule has 5 nitrogen and oxygen atoms in total. The maximum Gasteiger partial charge on any atom is 0.298 e. The molecule has 0 amide bonds. The average molecular weight is 383 g/mol. The van der Waals surface area contributed by atoms with Crippen LogP contribution in [0.25, 0.3) is 10.2 Å². The molecule has 0 bridgehead atoms. The summed E-state index contributed by atoms with van der Waals surface area (Å²) in [5.74, 6) is 1.42. The van der Waals surface area contributed by atoms with Gasteiger partial charge in [-0.2, -0.15) is 0 Å². The van der Waals surface area contributed by atoms with Crippen LogP contribution >= 0.6 is 11.3 Å². The number of methoxy groups -OCH3 is 1. The maximum absolute atomic E-state index is 10.9. The lowest BCUT2D eigenvalue weighted by Gasteiger charge is -2.06. The Morgan fingerprint density at radius 2 is 2.19 bits per heavy atom. The van der Waals surface area contributed by atoms with E-state index < -0.39 is 0 Å². The summed E-state index contributed by atoms with van der Waals surface area (Å²) in [6, 6.07) is 8.03. The smallest absolute Gasteiger partial charge is 0.298 e. The highest BCUT2D eigenvalue weighted by molar-refractivity contribution is 7.18. The molecule has 0 spiro atoms. The summed E-state index contributed by atoms with van der Waals surface area (Å²) < 4.78 is 17.6. The molecular formula is C21H21NO4S. The van der Waals surface area contributed by atoms with Gasteiger partial charge in [0.25, 0.3) is 6.47 Å². The molecule has 3 aromatic rings. The monoisotopic (exact) mass is 383 g/mol. The van der Waals surface area contributed by atoms with Crippen LogP contribution in [-0.4, -0.2) is 25.2 Å². The fraction of sp³-hybridized carbons (Fsp3) is 0.333. The van der Waals surface area contributed by atoms with Gasteiger partial charge in [-0.25, -0.2) is 4.98 Å². The summed E-state index contributed by atoms with van der Waals surface area (Å²) in [5, 5.41) is 0.902. The topological polar surface area (TPSA) is 57.7 Å². The van der Waals surface area contributed by atoms with Crippen LogP contribution in [0.15, 0.2) is 24.3 Å². The standard InChI is InChI=1S/C21H21NO4S/c1-12-8-13(2)15-10-18(26-17(15)9-12)21-22-19-16(25-11-23)5-4-14(6-7-24-3)20(19)27-21/h4-5,8-9,11,18H,6-7,10H2,1-3H3. The third-order valence-electron chi connectivity index (χ3n) is 4.87. The van der Waals surface area contributed by atoms with Gasteiger partial charge in [0.2, 0.25) is 0 Å². The molecule has 1 aliphatic heterocycles. The minimum atomic E-state index is -0.114. The quantitative estimate of drug-likeness (QED) is 0.594. The first-order valence-corrected chi connectivity index (χ1v) is 9.70. The van der Waals surface area contributed by atoms with Crippen molar-refractivity contribution < 1.29 is 19.0 Å². The van der Waals surface area contributed by atoms with Gasteiger partial charge >= 0.3 is 0 Å². The molecule has 1 unspecified atom stereocenters. The molecular weight excluding hydrogens is 362 g/mol. The number of ether oxygens (including phenoxy) is 3. The highest BCUT2D eigenvalue weighted by Crippen LogP contribution is 2.43. The van der Waals surface area contributed by atoms with Gasteiger partial charge in [0, 0.05) is 19.1 Å². The Bertz CT molecular complexity index is 1010. The molecule has 27 heavy (non-hydrogen) atoms. The number of aryl methyl sites for hydroxylation is 2. The lowest BCUT2D eigenvalue weighted by atomic mass is 10.0. The number of hydrogen-bond donors (Lipinski definition) is 0. The number of thiazole rings is 1. The average Bonchev–Trinajstić information content (AvgIpc) is 3.25. The summed E-state index contributed by atoms with van der Waals surface area (Å²) in [6.45, 7) is 5.26. The number of aromatic nitrogens is 1. The Morgan fingerprint density at radius 3 is 2.96 bits per heavy atom. The van der Waals surface area contributed by atoms with E-state index in [0.717, 1.165) is 33.9 Å². The summed E-state index contributed by atoms with van der Waals surface area (Å²) in [4.78, 5) is 15.7. The molecule has 1 atom stereocenters. The first kappa shape index (κ1) is 17.9. The van der Waals surface area contributed by atoms with E-state index >= 15 is 0 Å². The zero-order valence-electron chi connectivity index (χ0n) is 15.6. The van der Waals surface area contributed by atoms with E-state index in [4.69, 9.17) is 19.2 Å². The van der Waals surface area contributed by atoms with E-state index in [1.54, 1.807) is 24.5 Å². The van der Waals surface area contributed by atoms with Crippen molar-refractivity contribution in [3.8, 4) is 11.5 Å². The van der Waals surface area contributed by atoms with Gasteiger partial charge in [0.05, 0.1) is 11.3 Å². The van der Waals surface area contributed by atoms with Crippen molar-refractivity contribution >= 4 is 28.0 Å². The van der Waals surface area contributed by atoms with E-state index in [0.29, 0.717) is 24.3 Å².